The molecule has 1 aliphatic rings. The van der Waals surface area contributed by atoms with Crippen molar-refractivity contribution >= 4 is 11.9 Å². The number of hydrogen-bond donors (Lipinski definition) is 2. The van der Waals surface area contributed by atoms with Gasteiger partial charge in [-0.15, -0.1) is 0 Å². The van der Waals surface area contributed by atoms with E-state index in [9.17, 15) is 19.1 Å². The molecule has 1 amide bonds. The molecule has 0 fully saturated rings. The molecule has 0 unspecified atom stereocenters. The van der Waals surface area contributed by atoms with Crippen molar-refractivity contribution in [2.75, 3.05) is 13.2 Å². The van der Waals surface area contributed by atoms with Crippen molar-refractivity contribution in [3.8, 4) is 11.5 Å². The van der Waals surface area contributed by atoms with Crippen molar-refractivity contribution < 1.29 is 28.6 Å². The van der Waals surface area contributed by atoms with Gasteiger partial charge in [0.15, 0.2) is 0 Å². The first-order chi connectivity index (χ1) is 13.0. The molecule has 27 heavy (non-hydrogen) atoms. The summed E-state index contributed by atoms with van der Waals surface area (Å²) in [6.45, 7) is 0.401. The van der Waals surface area contributed by atoms with E-state index in [1.54, 1.807) is 36.4 Å². The van der Waals surface area contributed by atoms with Crippen LogP contribution in [0.25, 0.3) is 0 Å². The number of amides is 1. The normalized spacial score (nSPS) is 18.6. The molecule has 1 aliphatic heterocycles. The molecule has 2 N–H and O–H groups in total. The van der Waals surface area contributed by atoms with Gasteiger partial charge in [-0.2, -0.15) is 0 Å². The average molecular weight is 371 g/mol. The van der Waals surface area contributed by atoms with E-state index in [1.807, 2.05) is 0 Å². The van der Waals surface area contributed by atoms with E-state index >= 15 is 0 Å². The molecular weight excluding hydrogens is 353 g/mol. The van der Waals surface area contributed by atoms with E-state index in [2.05, 4.69) is 5.32 Å². The predicted molar refractivity (Wildman–Crippen MR) is 95.6 cm³/mol. The lowest BCUT2D eigenvalue weighted by molar-refractivity contribution is -0.139. The Kier molecular flexibility index (Phi) is 5.71. The number of carboxylic acids is 1. The van der Waals surface area contributed by atoms with Gasteiger partial charge in [0.1, 0.15) is 42.1 Å². The Morgan fingerprint density at radius 1 is 1.11 bits per heavy atom. The number of rotatable bonds is 1. The Labute approximate surface area is 155 Å². The van der Waals surface area contributed by atoms with Crippen molar-refractivity contribution in [2.45, 2.75) is 12.5 Å². The second kappa shape index (κ2) is 8.35. The number of benzene rings is 2. The van der Waals surface area contributed by atoms with Gasteiger partial charge >= 0.3 is 5.97 Å². The van der Waals surface area contributed by atoms with Gasteiger partial charge in [0.05, 0.1) is 0 Å². The molecule has 140 valence electrons. The summed E-state index contributed by atoms with van der Waals surface area (Å²) in [5.41, 5.74) is 0.348. The van der Waals surface area contributed by atoms with E-state index in [1.165, 1.54) is 12.1 Å². The second-order valence-electron chi connectivity index (χ2n) is 5.92. The summed E-state index contributed by atoms with van der Waals surface area (Å²) in [5.74, 6) is -2.23. The quantitative estimate of drug-likeness (QED) is 0.753. The van der Waals surface area contributed by atoms with E-state index in [0.717, 1.165) is 6.07 Å². The van der Waals surface area contributed by atoms with Crippen LogP contribution in [0.3, 0.4) is 0 Å². The fraction of sp³-hybridized carbons (Fsp3) is 0.200. The third-order valence-corrected chi connectivity index (χ3v) is 3.99. The highest BCUT2D eigenvalue weighted by Crippen LogP contribution is 2.22. The summed E-state index contributed by atoms with van der Waals surface area (Å²) >= 11 is 0. The van der Waals surface area contributed by atoms with Gasteiger partial charge in [-0.25, -0.2) is 9.18 Å². The van der Waals surface area contributed by atoms with Gasteiger partial charge in [-0.1, -0.05) is 18.2 Å². The maximum atomic E-state index is 14.2. The number of aliphatic carboxylic acids is 1. The zero-order chi connectivity index (χ0) is 19.2. The molecule has 0 saturated heterocycles. The third kappa shape index (κ3) is 4.63. The standard InChI is InChI=1S/C20H18FNO5/c21-15-7-4-8-17-18(15)19(23)22-16(20(24)25)12-13-5-3-6-14(11-13)26-9-1-2-10-27-17/h1-8,11,16H,9-10,12H2,(H,22,23)(H,24,25)/b2-1+/t16-/m0/s1. The highest BCUT2D eigenvalue weighted by Gasteiger charge is 2.25. The van der Waals surface area contributed by atoms with Gasteiger partial charge in [0.25, 0.3) is 5.91 Å². The number of hydrogen-bond acceptors (Lipinski definition) is 4. The monoisotopic (exact) mass is 371 g/mol. The second-order valence-corrected chi connectivity index (χ2v) is 5.92. The maximum absolute atomic E-state index is 14.2. The number of halogens is 1. The first kappa shape index (κ1) is 18.4. The highest BCUT2D eigenvalue weighted by atomic mass is 19.1. The average Bonchev–Trinajstić information content (AvgIpc) is 2.64. The Hall–Kier alpha value is -3.35. The third-order valence-electron chi connectivity index (χ3n) is 3.99. The van der Waals surface area contributed by atoms with Crippen molar-refractivity contribution in [1.82, 2.24) is 5.32 Å². The number of carbonyl (C=O) groups is 2. The maximum Gasteiger partial charge on any atom is 0.326 e. The first-order valence-corrected chi connectivity index (χ1v) is 8.36. The SMILES string of the molecule is O=C1N[C@H](C(=O)O)Cc2cccc(c2)OC/C=C/COc2cccc(F)c21. The summed E-state index contributed by atoms with van der Waals surface area (Å²) in [6, 6.07) is 9.71. The van der Waals surface area contributed by atoms with Crippen LogP contribution < -0.4 is 14.8 Å². The van der Waals surface area contributed by atoms with Gasteiger partial charge in [-0.05, 0) is 42.0 Å². The summed E-state index contributed by atoms with van der Waals surface area (Å²) in [4.78, 5) is 24.2. The summed E-state index contributed by atoms with van der Waals surface area (Å²) in [5, 5.41) is 11.8. The van der Waals surface area contributed by atoms with Crippen LogP contribution in [0.5, 0.6) is 11.5 Å². The Balaban J connectivity index is 1.96. The molecule has 6 nitrogen and oxygen atoms in total. The number of carboxylic acid groups (broad SMARTS) is 1. The van der Waals surface area contributed by atoms with Crippen LogP contribution in [0.2, 0.25) is 0 Å². The number of nitrogens with one attached hydrogen (secondary N) is 1. The largest absolute Gasteiger partial charge is 0.490 e. The molecule has 7 heteroatoms. The van der Waals surface area contributed by atoms with Crippen molar-refractivity contribution in [1.29, 1.82) is 0 Å². The minimum absolute atomic E-state index is 0.0265. The molecule has 0 radical (unpaired) electrons. The van der Waals surface area contributed by atoms with Crippen LogP contribution in [0, 0.1) is 5.82 Å². The van der Waals surface area contributed by atoms with Crippen molar-refractivity contribution in [3.63, 3.8) is 0 Å². The Morgan fingerprint density at radius 2 is 1.85 bits per heavy atom. The lowest BCUT2D eigenvalue weighted by Crippen LogP contribution is -2.42. The van der Waals surface area contributed by atoms with Crippen molar-refractivity contribution in [3.05, 3.63) is 71.6 Å². The Bertz CT molecular complexity index is 880. The van der Waals surface area contributed by atoms with Gasteiger partial charge < -0.3 is 19.9 Å². The molecule has 0 aromatic heterocycles. The van der Waals surface area contributed by atoms with Crippen LogP contribution in [0.4, 0.5) is 4.39 Å². The van der Waals surface area contributed by atoms with E-state index in [-0.39, 0.29) is 24.3 Å². The number of carbonyl (C=O) groups excluding carboxylic acids is 1. The molecule has 0 saturated carbocycles. The topological polar surface area (TPSA) is 84.9 Å². The summed E-state index contributed by atoms with van der Waals surface area (Å²) < 4.78 is 25.3. The zero-order valence-electron chi connectivity index (χ0n) is 14.4. The van der Waals surface area contributed by atoms with Gasteiger partial charge in [0.2, 0.25) is 0 Å². The molecule has 1 atom stereocenters. The predicted octanol–water partition coefficient (Wildman–Crippen LogP) is 2.58. The van der Waals surface area contributed by atoms with Crippen molar-refractivity contribution in [2.24, 2.45) is 0 Å². The van der Waals surface area contributed by atoms with Gasteiger partial charge in [0, 0.05) is 6.42 Å². The lowest BCUT2D eigenvalue weighted by atomic mass is 10.0. The fourth-order valence-corrected chi connectivity index (χ4v) is 2.69. The molecule has 0 aliphatic carbocycles. The summed E-state index contributed by atoms with van der Waals surface area (Å²) in [6.07, 6.45) is 3.46. The minimum Gasteiger partial charge on any atom is -0.490 e. The molecule has 0 spiro atoms. The number of ether oxygens (including phenoxy) is 2. The van der Waals surface area contributed by atoms with E-state index in [4.69, 9.17) is 9.47 Å². The van der Waals surface area contributed by atoms with E-state index in [0.29, 0.717) is 17.9 Å². The highest BCUT2D eigenvalue weighted by molar-refractivity contribution is 5.99. The number of fused-ring (bicyclic) bond motifs is 3. The smallest absolute Gasteiger partial charge is 0.326 e. The molecule has 2 aromatic carbocycles. The summed E-state index contributed by atoms with van der Waals surface area (Å²) in [7, 11) is 0. The zero-order valence-corrected chi connectivity index (χ0v) is 14.4. The molecule has 2 aromatic rings. The lowest BCUT2D eigenvalue weighted by Gasteiger charge is -2.17. The van der Waals surface area contributed by atoms with Gasteiger partial charge in [-0.3, -0.25) is 4.79 Å². The fourth-order valence-electron chi connectivity index (χ4n) is 2.69. The molecular formula is C20H18FNO5. The first-order valence-electron chi connectivity index (χ1n) is 8.36. The molecule has 2 bridgehead atoms. The van der Waals surface area contributed by atoms with Crippen LogP contribution in [-0.4, -0.2) is 36.2 Å². The Morgan fingerprint density at radius 3 is 2.63 bits per heavy atom. The van der Waals surface area contributed by atoms with Crippen LogP contribution in [-0.2, 0) is 11.2 Å². The minimum atomic E-state index is -1.23. The van der Waals surface area contributed by atoms with Crippen LogP contribution >= 0.6 is 0 Å². The molecule has 1 heterocycles. The van der Waals surface area contributed by atoms with Crippen LogP contribution in [0.15, 0.2) is 54.6 Å². The molecule has 3 rings (SSSR count). The van der Waals surface area contributed by atoms with Crippen LogP contribution in [0.1, 0.15) is 15.9 Å². The van der Waals surface area contributed by atoms with E-state index < -0.39 is 23.7 Å².